The number of aliphatic hydroxyl groups excluding tert-OH is 1. The average Bonchev–Trinajstić information content (AvgIpc) is 1.46. The van der Waals surface area contributed by atoms with Crippen molar-refractivity contribution in [2.75, 3.05) is 78.7 Å². The van der Waals surface area contributed by atoms with Crippen LogP contribution in [0.2, 0.25) is 36.3 Å². The Balaban J connectivity index is 0.000000211. The molecule has 21 nitrogen and oxygen atoms in total. The molecular weight excluding hydrogens is 1610 g/mol. The van der Waals surface area contributed by atoms with E-state index in [0.29, 0.717) is 94.1 Å². The molecule has 4 spiro atoms. The van der Waals surface area contributed by atoms with Crippen molar-refractivity contribution in [3.8, 4) is 0 Å². The minimum absolute atomic E-state index is 0. The van der Waals surface area contributed by atoms with Crippen molar-refractivity contribution in [3.63, 3.8) is 0 Å². The topological polar surface area (TPSA) is 226 Å². The molecule has 3 N–H and O–H groups in total. The third-order valence-corrected chi connectivity index (χ3v) is 48.8. The van der Waals surface area contributed by atoms with E-state index in [1.807, 2.05) is 51.3 Å². The number of aliphatic hydroxyl groups is 3. The third-order valence-electron chi connectivity index (χ3n) is 39.6. The van der Waals surface area contributed by atoms with Crippen molar-refractivity contribution in [2.45, 2.75) is 437 Å². The number of nitrogens with zero attached hydrogens (tertiary/aromatic N) is 4. The van der Waals surface area contributed by atoms with Gasteiger partial charge >= 0.3 is 18.2 Å². The van der Waals surface area contributed by atoms with Crippen LogP contribution in [0.25, 0.3) is 0 Å². The van der Waals surface area contributed by atoms with Gasteiger partial charge in [0.05, 0.1) is 73.2 Å². The molecule has 23 heteroatoms. The number of carbonyl (C=O) groups is 3. The third kappa shape index (κ3) is 16.7. The van der Waals surface area contributed by atoms with E-state index < -0.39 is 63.5 Å². The van der Waals surface area contributed by atoms with E-state index in [9.17, 15) is 29.7 Å². The monoisotopic (exact) mass is 1790 g/mol. The lowest BCUT2D eigenvalue weighted by Crippen LogP contribution is -2.61. The Hall–Kier alpha value is -2.08. The van der Waals surface area contributed by atoms with Crippen LogP contribution in [0.3, 0.4) is 0 Å². The van der Waals surface area contributed by atoms with Crippen LogP contribution in [0.1, 0.15) is 305 Å². The molecule has 0 bridgehead atoms. The Labute approximate surface area is 760 Å². The number of hydrogen-bond donors (Lipinski definition) is 3. The van der Waals surface area contributed by atoms with Gasteiger partial charge in [-0.05, 0) is 299 Å². The minimum atomic E-state index is -2.10. The molecule has 16 fully saturated rings. The van der Waals surface area contributed by atoms with E-state index in [4.69, 9.17) is 51.5 Å². The van der Waals surface area contributed by atoms with E-state index >= 15 is 0 Å². The smallest absolute Gasteiger partial charge is 0.410 e. The van der Waals surface area contributed by atoms with Gasteiger partial charge in [-0.1, -0.05) is 126 Å². The lowest BCUT2D eigenvalue weighted by Gasteiger charge is -2.64. The fraction of sp³-hybridized carbons (Fsp3) is 0.971. The second kappa shape index (κ2) is 34.9. The number of hydrogen-bond acceptors (Lipinski definition) is 19. The highest BCUT2D eigenvalue weighted by Crippen LogP contribution is 2.92. The van der Waals surface area contributed by atoms with E-state index in [0.717, 1.165) is 127 Å². The molecule has 0 aromatic rings. The maximum atomic E-state index is 12.6. The van der Waals surface area contributed by atoms with Gasteiger partial charge in [-0.3, -0.25) is 14.6 Å². The SMILES string of the molecule is C.C.CC[Si](CC)(CC)O[C@H]1[C@H]2O[C@@H]([C@H](O)C(C)(C)O)C[C@@H](C)[C@@H]2[C@@]2(C)CC[C@@]34C[C@@]35CC[C@H](O[C@H]3CN(CC6CN(C(=O)OC(C)(C)C)C6)CCO3)C(C)(C)[C@@H]5CC[C@H]4[C@]12C.CC[Si](CC)(CC)O[C@H]1[C@H]2O[C@@H]([C@H](OC(C)=O)C(C)(C)O)C[C@@H](C)[C@@H]2[C@@]2(C)CC[C@@]34C[C@@]35CC[C@H](O[C@H]3CN(CC6CN(C(=O)OC(C)(C)C)C6)CCO3)C(C)(C)[C@@H]5CC[C@H]4[C@]12C. The van der Waals surface area contributed by atoms with Crippen LogP contribution in [-0.4, -0.2) is 244 Å². The predicted molar refractivity (Wildman–Crippen MR) is 497 cm³/mol. The van der Waals surface area contributed by atoms with Gasteiger partial charge in [0.2, 0.25) is 0 Å². The first kappa shape index (κ1) is 100. The molecule has 28 atom stereocenters. The minimum Gasteiger partial charge on any atom is -0.457 e. The van der Waals surface area contributed by atoms with E-state index in [1.165, 1.54) is 84.0 Å². The molecule has 10 saturated carbocycles. The van der Waals surface area contributed by atoms with Gasteiger partial charge in [0.25, 0.3) is 0 Å². The van der Waals surface area contributed by atoms with Crippen molar-refractivity contribution in [2.24, 2.45) is 113 Å². The second-order valence-corrected chi connectivity index (χ2v) is 58.9. The summed E-state index contributed by atoms with van der Waals surface area (Å²) in [5, 5.41) is 33.9. The summed E-state index contributed by atoms with van der Waals surface area (Å²) in [5.41, 5.74) is -2.11. The number of carbonyl (C=O) groups excluding carboxylic acids is 3. The number of amides is 2. The molecule has 0 radical (unpaired) electrons. The Morgan fingerprint density at radius 1 is 0.480 bits per heavy atom. The lowest BCUT2D eigenvalue weighted by atomic mass is 9.41. The number of rotatable bonds is 23. The predicted octanol–water partition coefficient (Wildman–Crippen LogP) is 19.6. The molecule has 720 valence electrons. The number of likely N-dealkylation sites (tertiary alicyclic amines) is 2. The molecule has 0 unspecified atom stereocenters. The summed E-state index contributed by atoms with van der Waals surface area (Å²) in [7, 11) is -4.16. The molecule has 10 aliphatic carbocycles. The first-order chi connectivity index (χ1) is 57.3. The van der Waals surface area contributed by atoms with Gasteiger partial charge in [-0.2, -0.15) is 0 Å². The Bertz CT molecular complexity index is 3750. The van der Waals surface area contributed by atoms with Gasteiger partial charge in [0, 0.05) is 95.0 Å². The normalized spacial score (nSPS) is 43.2. The molecule has 6 aliphatic heterocycles. The van der Waals surface area contributed by atoms with Crippen LogP contribution in [0, 0.1) is 113 Å². The zero-order valence-electron chi connectivity index (χ0n) is 82.1. The summed E-state index contributed by atoms with van der Waals surface area (Å²) in [6.45, 7) is 69.1. The number of esters is 1. The zero-order chi connectivity index (χ0) is 89.6. The first-order valence-electron chi connectivity index (χ1n) is 50.2. The summed E-state index contributed by atoms with van der Waals surface area (Å²) in [6, 6.07) is 6.60. The van der Waals surface area contributed by atoms with Crippen LogP contribution in [0.5, 0.6) is 0 Å². The molecule has 16 rings (SSSR count). The fourth-order valence-corrected chi connectivity index (χ4v) is 38.8. The number of ether oxygens (including phenoxy) is 9. The summed E-state index contributed by atoms with van der Waals surface area (Å²) in [5.74, 6) is 4.23. The van der Waals surface area contributed by atoms with Crippen LogP contribution in [-0.2, 0) is 56.3 Å². The Kier molecular flexibility index (Phi) is 28.0. The lowest BCUT2D eigenvalue weighted by molar-refractivity contribution is -0.249. The van der Waals surface area contributed by atoms with Crippen LogP contribution in [0.4, 0.5) is 9.59 Å². The van der Waals surface area contributed by atoms with Crippen LogP contribution < -0.4 is 0 Å². The van der Waals surface area contributed by atoms with E-state index in [-0.39, 0.29) is 115 Å². The van der Waals surface area contributed by atoms with Gasteiger partial charge in [0.15, 0.2) is 35.3 Å². The molecule has 0 aromatic carbocycles. The summed E-state index contributed by atoms with van der Waals surface area (Å²) in [4.78, 5) is 46.2. The van der Waals surface area contributed by atoms with E-state index in [2.05, 4.69) is 121 Å². The molecule has 16 aliphatic rings. The molecular formula is C102H182N4O17Si2. The fourth-order valence-electron chi connectivity index (χ4n) is 32.9. The first-order valence-corrected chi connectivity index (χ1v) is 55.2. The summed E-state index contributed by atoms with van der Waals surface area (Å²) < 4.78 is 74.5. The summed E-state index contributed by atoms with van der Waals surface area (Å²) >= 11 is 0. The van der Waals surface area contributed by atoms with Crippen molar-refractivity contribution in [3.05, 3.63) is 0 Å². The Morgan fingerprint density at radius 3 is 1.18 bits per heavy atom. The largest absolute Gasteiger partial charge is 0.457 e. The van der Waals surface area contributed by atoms with Gasteiger partial charge in [0.1, 0.15) is 17.3 Å². The summed E-state index contributed by atoms with van der Waals surface area (Å²) in [6.07, 6.45) is 15.3. The maximum absolute atomic E-state index is 12.6. The molecule has 0 aromatic heterocycles. The average molecular weight is 1790 g/mol. The van der Waals surface area contributed by atoms with Gasteiger partial charge in [-0.25, -0.2) is 9.59 Å². The highest BCUT2D eigenvalue weighted by atomic mass is 28.4. The molecule has 6 saturated heterocycles. The van der Waals surface area contributed by atoms with Crippen molar-refractivity contribution in [1.29, 1.82) is 0 Å². The van der Waals surface area contributed by atoms with Crippen LogP contribution >= 0.6 is 0 Å². The zero-order valence-corrected chi connectivity index (χ0v) is 84.1. The maximum Gasteiger partial charge on any atom is 0.410 e. The standard InChI is InChI=1S/C51H88N2O9Si.C49H86N2O8Si.2CH4/c1-15-63(16-2,17-3)62-43-41-40(32(4)26-35(59-41)42(47(11,12)56)58-33(5)54)48(13)22-23-51-31-50(51)21-20-38(46(9,10)36(50)18-19-37(51)49(43,48)14)60-39-30-52(24-25-57-39)27-34-28-53(29-34)44(55)61-45(6,7)8;1-14-60(15-2,16-3)59-41-39-38(31(4)25-33(56-39)40(52)45(10,11)54)46(12)21-22-49-30-48(49)20-19-36(44(8,9)34(48)17-18-35(49)47(41,46)13)57-37-29-50(23-24-55-37)26-32-27-51(28-32)42(53)58-43(5,6)7;;/h32,34-43,56H,15-31H2,1-14H3;31-41,52,54H,14-30H2,1-13H3;2*1H4/t32-,35-,36+,37+,38+,39+,40+,41+,42+,43+,48-,49-,50-,51+;31-,33-,34+,35+,36+,37+,38+,39+,40+,41+,46-,47-,48-,49+;;/m11../s1. The quantitative estimate of drug-likeness (QED) is 0.0491. The number of fused-ring (bicyclic) bond motifs is 8. The number of morpholine rings is 2. The molecule has 125 heavy (non-hydrogen) atoms. The molecule has 2 amide bonds. The van der Waals surface area contributed by atoms with Crippen molar-refractivity contribution < 1.29 is 81.2 Å². The van der Waals surface area contributed by atoms with Crippen molar-refractivity contribution >= 4 is 34.8 Å². The highest BCUT2D eigenvalue weighted by Gasteiger charge is 2.88. The second-order valence-electron chi connectivity index (χ2n) is 49.4. The molecule has 6 heterocycles. The van der Waals surface area contributed by atoms with Gasteiger partial charge < -0.3 is 76.6 Å². The van der Waals surface area contributed by atoms with Crippen LogP contribution in [0.15, 0.2) is 0 Å². The highest BCUT2D eigenvalue weighted by molar-refractivity contribution is 6.74. The van der Waals surface area contributed by atoms with Crippen molar-refractivity contribution in [1.82, 2.24) is 19.6 Å². The van der Waals surface area contributed by atoms with Gasteiger partial charge in [-0.15, -0.1) is 0 Å². The van der Waals surface area contributed by atoms with E-state index in [1.54, 1.807) is 27.7 Å². The Morgan fingerprint density at radius 2 is 0.832 bits per heavy atom.